The molecule has 0 aliphatic carbocycles. The van der Waals surface area contributed by atoms with E-state index in [1.54, 1.807) is 12.1 Å². The Morgan fingerprint density at radius 3 is 2.80 bits per heavy atom. The molecule has 0 spiro atoms. The Labute approximate surface area is 176 Å². The molecule has 0 unspecified atom stereocenters. The maximum Gasteiger partial charge on any atom is 0.224 e. The van der Waals surface area contributed by atoms with Crippen LogP contribution in [0.25, 0.3) is 11.4 Å². The number of hydrogen-bond acceptors (Lipinski definition) is 3. The fourth-order valence-electron chi connectivity index (χ4n) is 4.05. The lowest BCUT2D eigenvalue weighted by atomic mass is 10.0. The van der Waals surface area contributed by atoms with Gasteiger partial charge in [0, 0.05) is 24.9 Å². The van der Waals surface area contributed by atoms with Crippen LogP contribution in [0.4, 0.5) is 10.1 Å². The van der Waals surface area contributed by atoms with Crippen molar-refractivity contribution in [1.29, 1.82) is 0 Å². The summed E-state index contributed by atoms with van der Waals surface area (Å²) in [7, 11) is 0. The summed E-state index contributed by atoms with van der Waals surface area (Å²) in [6, 6.07) is 10.9. The normalized spacial score (nSPS) is 13.6. The minimum Gasteiger partial charge on any atom is -0.324 e. The second-order valence-electron chi connectivity index (χ2n) is 8.07. The molecule has 0 fully saturated rings. The van der Waals surface area contributed by atoms with Crippen LogP contribution < -0.4 is 5.32 Å². The van der Waals surface area contributed by atoms with Crippen LogP contribution in [0.15, 0.2) is 36.4 Å². The number of nitrogens with one attached hydrogen (secondary N) is 1. The van der Waals surface area contributed by atoms with Crippen molar-refractivity contribution in [2.75, 3.05) is 5.32 Å². The molecule has 2 aromatic carbocycles. The molecule has 0 bridgehead atoms. The molecule has 6 heteroatoms. The zero-order valence-electron chi connectivity index (χ0n) is 17.5. The number of carbonyl (C=O) groups is 1. The number of nitrogens with zero attached hydrogens (tertiary/aromatic N) is 3. The third kappa shape index (κ3) is 4.42. The molecule has 30 heavy (non-hydrogen) atoms. The van der Waals surface area contributed by atoms with Crippen LogP contribution in [-0.4, -0.2) is 20.7 Å². The Bertz CT molecular complexity index is 1070. The van der Waals surface area contributed by atoms with Gasteiger partial charge >= 0.3 is 0 Å². The Kier molecular flexibility index (Phi) is 5.93. The number of amides is 1. The number of aromatic nitrogens is 3. The van der Waals surface area contributed by atoms with Gasteiger partial charge < -0.3 is 9.88 Å². The van der Waals surface area contributed by atoms with E-state index in [2.05, 4.69) is 32.2 Å². The summed E-state index contributed by atoms with van der Waals surface area (Å²) in [6.45, 7) is 4.96. The standard InChI is InChI=1S/C24H27FN4O/c1-16-7-8-18(17(2)14-16)10-12-23(30)26-21-15-19(9-11-20(21)25)24-28-27-22-6-4-3-5-13-29(22)24/h7-9,11,14-15H,3-6,10,12-13H2,1-2H3,(H,26,30). The third-order valence-corrected chi connectivity index (χ3v) is 5.73. The number of hydrogen-bond donors (Lipinski definition) is 1. The number of benzene rings is 2. The molecule has 0 radical (unpaired) electrons. The van der Waals surface area contributed by atoms with Gasteiger partial charge in [-0.2, -0.15) is 0 Å². The maximum absolute atomic E-state index is 14.4. The maximum atomic E-state index is 14.4. The van der Waals surface area contributed by atoms with Crippen molar-refractivity contribution in [3.63, 3.8) is 0 Å². The van der Waals surface area contributed by atoms with Crippen molar-refractivity contribution >= 4 is 11.6 Å². The molecule has 4 rings (SSSR count). The highest BCUT2D eigenvalue weighted by atomic mass is 19.1. The first-order chi connectivity index (χ1) is 14.5. The molecule has 2 heterocycles. The van der Waals surface area contributed by atoms with Gasteiger partial charge in [0.25, 0.3) is 0 Å². The average Bonchev–Trinajstić information content (AvgIpc) is 2.97. The minimum absolute atomic E-state index is 0.184. The number of halogens is 1. The van der Waals surface area contributed by atoms with Gasteiger partial charge in [0.15, 0.2) is 5.82 Å². The van der Waals surface area contributed by atoms with E-state index in [0.717, 1.165) is 48.6 Å². The highest BCUT2D eigenvalue weighted by molar-refractivity contribution is 5.91. The van der Waals surface area contributed by atoms with Gasteiger partial charge in [0.05, 0.1) is 5.69 Å². The van der Waals surface area contributed by atoms with Gasteiger partial charge in [-0.15, -0.1) is 10.2 Å². The van der Waals surface area contributed by atoms with Gasteiger partial charge in [-0.25, -0.2) is 4.39 Å². The summed E-state index contributed by atoms with van der Waals surface area (Å²) in [4.78, 5) is 12.5. The molecule has 0 atom stereocenters. The first-order valence-electron chi connectivity index (χ1n) is 10.6. The molecule has 1 aliphatic heterocycles. The van der Waals surface area contributed by atoms with Crippen molar-refractivity contribution in [2.45, 2.75) is 58.9 Å². The van der Waals surface area contributed by atoms with Gasteiger partial charge in [0.2, 0.25) is 5.91 Å². The third-order valence-electron chi connectivity index (χ3n) is 5.73. The summed E-state index contributed by atoms with van der Waals surface area (Å²) in [5, 5.41) is 11.4. The predicted molar refractivity (Wildman–Crippen MR) is 116 cm³/mol. The first-order valence-corrected chi connectivity index (χ1v) is 10.6. The van der Waals surface area contributed by atoms with Crippen LogP contribution in [0.2, 0.25) is 0 Å². The van der Waals surface area contributed by atoms with E-state index in [4.69, 9.17) is 0 Å². The van der Waals surface area contributed by atoms with Gasteiger partial charge in [0.1, 0.15) is 11.6 Å². The predicted octanol–water partition coefficient (Wildman–Crippen LogP) is 5.00. The van der Waals surface area contributed by atoms with Crippen LogP contribution in [0.3, 0.4) is 0 Å². The van der Waals surface area contributed by atoms with E-state index in [1.165, 1.54) is 23.6 Å². The summed E-state index contributed by atoms with van der Waals surface area (Å²) in [5.74, 6) is 1.06. The molecule has 1 N–H and O–H groups in total. The largest absolute Gasteiger partial charge is 0.324 e. The number of fused-ring (bicyclic) bond motifs is 1. The van der Waals surface area contributed by atoms with Crippen LogP contribution >= 0.6 is 0 Å². The molecular weight excluding hydrogens is 379 g/mol. The summed E-state index contributed by atoms with van der Waals surface area (Å²) in [6.07, 6.45) is 5.21. The molecule has 0 saturated carbocycles. The van der Waals surface area contributed by atoms with Gasteiger partial charge in [-0.05, 0) is 62.4 Å². The lowest BCUT2D eigenvalue weighted by molar-refractivity contribution is -0.116. The number of rotatable bonds is 5. The number of carbonyl (C=O) groups excluding carboxylic acids is 1. The quantitative estimate of drug-likeness (QED) is 0.649. The highest BCUT2D eigenvalue weighted by Crippen LogP contribution is 2.27. The summed E-state index contributed by atoms with van der Waals surface area (Å²) in [5.41, 5.74) is 4.45. The van der Waals surface area contributed by atoms with Crippen molar-refractivity contribution in [3.8, 4) is 11.4 Å². The fraction of sp³-hybridized carbons (Fsp3) is 0.375. The molecule has 0 saturated heterocycles. The van der Waals surface area contributed by atoms with E-state index in [9.17, 15) is 9.18 Å². The van der Waals surface area contributed by atoms with Crippen LogP contribution in [0.1, 0.15) is 48.2 Å². The van der Waals surface area contributed by atoms with Crippen molar-refractivity contribution in [1.82, 2.24) is 14.8 Å². The average molecular weight is 407 g/mol. The molecule has 1 aromatic heterocycles. The lowest BCUT2D eigenvalue weighted by Crippen LogP contribution is -2.14. The van der Waals surface area contributed by atoms with Gasteiger partial charge in [-0.1, -0.05) is 30.2 Å². The zero-order valence-corrected chi connectivity index (χ0v) is 17.5. The highest BCUT2D eigenvalue weighted by Gasteiger charge is 2.17. The van der Waals surface area contributed by atoms with Gasteiger partial charge in [-0.3, -0.25) is 4.79 Å². The smallest absolute Gasteiger partial charge is 0.224 e. The molecule has 5 nitrogen and oxygen atoms in total. The minimum atomic E-state index is -0.450. The number of anilines is 1. The van der Waals surface area contributed by atoms with Crippen LogP contribution in [0, 0.1) is 19.7 Å². The van der Waals surface area contributed by atoms with E-state index in [1.807, 2.05) is 19.9 Å². The Hall–Kier alpha value is -3.02. The Morgan fingerprint density at radius 1 is 1.10 bits per heavy atom. The van der Waals surface area contributed by atoms with E-state index >= 15 is 0 Å². The Balaban J connectivity index is 1.48. The molecule has 156 valence electrons. The van der Waals surface area contributed by atoms with Crippen molar-refractivity contribution in [2.24, 2.45) is 0 Å². The Morgan fingerprint density at radius 2 is 1.97 bits per heavy atom. The second-order valence-corrected chi connectivity index (χ2v) is 8.07. The number of aryl methyl sites for hydroxylation is 4. The molecule has 1 amide bonds. The monoisotopic (exact) mass is 406 g/mol. The fourth-order valence-corrected chi connectivity index (χ4v) is 4.05. The van der Waals surface area contributed by atoms with Crippen LogP contribution in [-0.2, 0) is 24.2 Å². The topological polar surface area (TPSA) is 59.8 Å². The second kappa shape index (κ2) is 8.78. The van der Waals surface area contributed by atoms with E-state index in [0.29, 0.717) is 12.8 Å². The van der Waals surface area contributed by atoms with E-state index < -0.39 is 5.82 Å². The summed E-state index contributed by atoms with van der Waals surface area (Å²) < 4.78 is 16.5. The molecule has 3 aromatic rings. The SMILES string of the molecule is Cc1ccc(CCC(=O)Nc2cc(-c3nnc4n3CCCCC4)ccc2F)c(C)c1. The molecule has 1 aliphatic rings. The van der Waals surface area contributed by atoms with Crippen molar-refractivity contribution in [3.05, 3.63) is 64.7 Å². The first kappa shape index (κ1) is 20.3. The lowest BCUT2D eigenvalue weighted by Gasteiger charge is -2.11. The zero-order chi connectivity index (χ0) is 21.1. The van der Waals surface area contributed by atoms with E-state index in [-0.39, 0.29) is 11.6 Å². The molecular formula is C24H27FN4O. The summed E-state index contributed by atoms with van der Waals surface area (Å²) >= 11 is 0. The van der Waals surface area contributed by atoms with Crippen LogP contribution in [0.5, 0.6) is 0 Å². The van der Waals surface area contributed by atoms with Crippen molar-refractivity contribution < 1.29 is 9.18 Å².